The molecule has 0 amide bonds. The maximum absolute atomic E-state index is 11.5. The lowest BCUT2D eigenvalue weighted by atomic mass is 9.96. The van der Waals surface area contributed by atoms with E-state index >= 15 is 0 Å². The smallest absolute Gasteiger partial charge is 0.136 e. The molecule has 0 aromatic carbocycles. The normalized spacial score (nSPS) is 38.5. The van der Waals surface area contributed by atoms with Crippen molar-refractivity contribution in [1.29, 1.82) is 0 Å². The number of piperidine rings is 1. The van der Waals surface area contributed by atoms with Crippen LogP contribution in [0.1, 0.15) is 38.5 Å². The van der Waals surface area contributed by atoms with Gasteiger partial charge in [0.1, 0.15) is 5.78 Å². The van der Waals surface area contributed by atoms with E-state index < -0.39 is 0 Å². The third-order valence-corrected chi connectivity index (χ3v) is 4.22. The highest BCUT2D eigenvalue weighted by Gasteiger charge is 2.43. The average molecular weight is 209 g/mol. The van der Waals surface area contributed by atoms with Crippen molar-refractivity contribution in [3.8, 4) is 0 Å². The van der Waals surface area contributed by atoms with E-state index in [0.29, 0.717) is 23.9 Å². The summed E-state index contributed by atoms with van der Waals surface area (Å²) in [4.78, 5) is 14.2. The molecule has 3 heteroatoms. The van der Waals surface area contributed by atoms with Gasteiger partial charge in [0.05, 0.1) is 0 Å². The second kappa shape index (κ2) is 3.87. The van der Waals surface area contributed by atoms with Crippen molar-refractivity contribution in [2.45, 2.75) is 56.7 Å². The number of carbonyl (C=O) groups excluding carboxylic acids is 1. The molecule has 84 valence electrons. The van der Waals surface area contributed by atoms with Crippen LogP contribution in [0.25, 0.3) is 0 Å². The third kappa shape index (κ3) is 1.72. The predicted octanol–water partition coefficient (Wildman–Crippen LogP) is 1.36. The second-order valence-corrected chi connectivity index (χ2v) is 5.12. The van der Waals surface area contributed by atoms with E-state index in [-0.39, 0.29) is 0 Å². The third-order valence-electron chi connectivity index (χ3n) is 4.22. The van der Waals surface area contributed by atoms with Gasteiger partial charge in [0.2, 0.25) is 0 Å². The van der Waals surface area contributed by atoms with Gasteiger partial charge in [-0.25, -0.2) is 0 Å². The van der Waals surface area contributed by atoms with Gasteiger partial charge < -0.3 is 4.74 Å². The largest absolute Gasteiger partial charge is 0.381 e. The molecule has 3 nitrogen and oxygen atoms in total. The number of ketones is 1. The van der Waals surface area contributed by atoms with Crippen LogP contribution in [0.2, 0.25) is 0 Å². The minimum Gasteiger partial charge on any atom is -0.381 e. The standard InChI is InChI=1S/C12H19NO2/c14-12-7-10-1-2-11(8-12)13(10)9-3-5-15-6-4-9/h9-11H,1-8H2. The molecule has 0 aromatic heterocycles. The molecule has 2 bridgehead atoms. The van der Waals surface area contributed by atoms with Gasteiger partial charge in [-0.3, -0.25) is 9.69 Å². The monoisotopic (exact) mass is 209 g/mol. The summed E-state index contributed by atoms with van der Waals surface area (Å²) in [7, 11) is 0. The van der Waals surface area contributed by atoms with Gasteiger partial charge in [0.25, 0.3) is 0 Å². The molecule has 3 aliphatic rings. The zero-order valence-electron chi connectivity index (χ0n) is 9.15. The lowest BCUT2D eigenvalue weighted by Gasteiger charge is -2.41. The maximum Gasteiger partial charge on any atom is 0.136 e. The van der Waals surface area contributed by atoms with Gasteiger partial charge in [-0.1, -0.05) is 0 Å². The van der Waals surface area contributed by atoms with Crippen molar-refractivity contribution in [1.82, 2.24) is 4.90 Å². The molecule has 3 rings (SSSR count). The zero-order valence-corrected chi connectivity index (χ0v) is 9.15. The van der Waals surface area contributed by atoms with E-state index in [2.05, 4.69) is 4.90 Å². The molecule has 2 unspecified atom stereocenters. The fourth-order valence-corrected chi connectivity index (χ4v) is 3.58. The number of carbonyl (C=O) groups is 1. The Kier molecular flexibility index (Phi) is 2.53. The molecule has 3 heterocycles. The number of rotatable bonds is 1. The van der Waals surface area contributed by atoms with Gasteiger partial charge in [-0.05, 0) is 25.7 Å². The van der Waals surface area contributed by atoms with Crippen molar-refractivity contribution in [2.24, 2.45) is 0 Å². The van der Waals surface area contributed by atoms with E-state index in [1.807, 2.05) is 0 Å². The Hall–Kier alpha value is -0.410. The molecular formula is C12H19NO2. The molecular weight excluding hydrogens is 190 g/mol. The highest BCUT2D eigenvalue weighted by atomic mass is 16.5. The number of nitrogens with zero attached hydrogens (tertiary/aromatic N) is 1. The van der Waals surface area contributed by atoms with Gasteiger partial charge in [-0.15, -0.1) is 0 Å². The first-order chi connectivity index (χ1) is 7.34. The number of hydrogen-bond donors (Lipinski definition) is 0. The van der Waals surface area contributed by atoms with Gasteiger partial charge >= 0.3 is 0 Å². The van der Waals surface area contributed by atoms with Crippen LogP contribution < -0.4 is 0 Å². The molecule has 0 spiro atoms. The van der Waals surface area contributed by atoms with Crippen LogP contribution >= 0.6 is 0 Å². The number of hydrogen-bond acceptors (Lipinski definition) is 3. The molecule has 0 radical (unpaired) electrons. The van der Waals surface area contributed by atoms with Crippen molar-refractivity contribution in [2.75, 3.05) is 13.2 Å². The fraction of sp³-hybridized carbons (Fsp3) is 0.917. The zero-order chi connectivity index (χ0) is 10.3. The van der Waals surface area contributed by atoms with Crippen molar-refractivity contribution in [3.05, 3.63) is 0 Å². The summed E-state index contributed by atoms with van der Waals surface area (Å²) in [6, 6.07) is 1.84. The number of fused-ring (bicyclic) bond motifs is 2. The van der Waals surface area contributed by atoms with E-state index in [9.17, 15) is 4.79 Å². The van der Waals surface area contributed by atoms with Crippen LogP contribution in [0.4, 0.5) is 0 Å². The Balaban J connectivity index is 1.73. The van der Waals surface area contributed by atoms with Gasteiger partial charge in [0.15, 0.2) is 0 Å². The molecule has 15 heavy (non-hydrogen) atoms. The highest BCUT2D eigenvalue weighted by molar-refractivity contribution is 5.81. The second-order valence-electron chi connectivity index (χ2n) is 5.12. The Labute approximate surface area is 90.8 Å². The summed E-state index contributed by atoms with van der Waals surface area (Å²) in [5.74, 6) is 0.491. The number of Topliss-reactive ketones (excluding diaryl/α,β-unsaturated/α-hetero) is 1. The van der Waals surface area contributed by atoms with E-state index in [0.717, 1.165) is 26.1 Å². The quantitative estimate of drug-likeness (QED) is 0.653. The first-order valence-corrected chi connectivity index (χ1v) is 6.21. The Morgan fingerprint density at radius 3 is 2.13 bits per heavy atom. The number of ether oxygens (including phenoxy) is 1. The summed E-state index contributed by atoms with van der Waals surface area (Å²) in [5.41, 5.74) is 0. The van der Waals surface area contributed by atoms with Crippen LogP contribution in [-0.4, -0.2) is 42.0 Å². The van der Waals surface area contributed by atoms with Crippen molar-refractivity contribution in [3.63, 3.8) is 0 Å². The first kappa shape index (κ1) is 9.79. The van der Waals surface area contributed by atoms with Crippen LogP contribution in [0.3, 0.4) is 0 Å². The minimum absolute atomic E-state index is 0.491. The van der Waals surface area contributed by atoms with E-state index in [1.54, 1.807) is 0 Å². The van der Waals surface area contributed by atoms with Crippen LogP contribution in [0.5, 0.6) is 0 Å². The summed E-state index contributed by atoms with van der Waals surface area (Å²) < 4.78 is 5.41. The summed E-state index contributed by atoms with van der Waals surface area (Å²) in [6.07, 6.45) is 6.45. The van der Waals surface area contributed by atoms with E-state index in [1.165, 1.54) is 25.7 Å². The molecule has 0 N–H and O–H groups in total. The molecule has 3 fully saturated rings. The van der Waals surface area contributed by atoms with E-state index in [4.69, 9.17) is 4.74 Å². The fourth-order valence-electron chi connectivity index (χ4n) is 3.58. The summed E-state index contributed by atoms with van der Waals surface area (Å²) >= 11 is 0. The van der Waals surface area contributed by atoms with Crippen LogP contribution in [-0.2, 0) is 9.53 Å². The molecule has 2 atom stereocenters. The van der Waals surface area contributed by atoms with Gasteiger partial charge in [0, 0.05) is 44.2 Å². The van der Waals surface area contributed by atoms with Crippen molar-refractivity contribution < 1.29 is 9.53 Å². The topological polar surface area (TPSA) is 29.5 Å². The molecule has 3 saturated heterocycles. The Morgan fingerprint density at radius 2 is 1.53 bits per heavy atom. The van der Waals surface area contributed by atoms with Crippen LogP contribution in [0, 0.1) is 0 Å². The van der Waals surface area contributed by atoms with Gasteiger partial charge in [-0.2, -0.15) is 0 Å². The predicted molar refractivity (Wildman–Crippen MR) is 56.7 cm³/mol. The highest BCUT2D eigenvalue weighted by Crippen LogP contribution is 2.37. The lowest BCUT2D eigenvalue weighted by molar-refractivity contribution is -0.125. The SMILES string of the molecule is O=C1CC2CCC(C1)N2C1CCOCC1. The molecule has 0 aromatic rings. The molecule has 0 aliphatic carbocycles. The Morgan fingerprint density at radius 1 is 0.933 bits per heavy atom. The van der Waals surface area contributed by atoms with Crippen LogP contribution in [0.15, 0.2) is 0 Å². The average Bonchev–Trinajstić information content (AvgIpc) is 2.53. The lowest BCUT2D eigenvalue weighted by Crippen LogP contribution is -2.50. The maximum atomic E-state index is 11.5. The minimum atomic E-state index is 0.491. The molecule has 0 saturated carbocycles. The Bertz CT molecular complexity index is 244. The molecule has 3 aliphatic heterocycles. The van der Waals surface area contributed by atoms with Crippen molar-refractivity contribution >= 4 is 5.78 Å². The summed E-state index contributed by atoms with van der Waals surface area (Å²) in [6.45, 7) is 1.82. The first-order valence-electron chi connectivity index (χ1n) is 6.21. The summed E-state index contributed by atoms with van der Waals surface area (Å²) in [5, 5.41) is 0.